The summed E-state index contributed by atoms with van der Waals surface area (Å²) in [6.45, 7) is 0.616. The van der Waals surface area contributed by atoms with Crippen molar-refractivity contribution in [3.8, 4) is 0 Å². The first-order chi connectivity index (χ1) is 6.34. The second-order valence-corrected chi connectivity index (χ2v) is 3.49. The zero-order chi connectivity index (χ0) is 9.10. The number of rotatable bonds is 3. The molecule has 0 N–H and O–H groups in total. The molecule has 13 heavy (non-hydrogen) atoms. The van der Waals surface area contributed by atoms with Crippen LogP contribution in [-0.4, -0.2) is 6.10 Å². The van der Waals surface area contributed by atoms with Crippen LogP contribution in [0.25, 0.3) is 0 Å². The first kappa shape index (κ1) is 8.70. The van der Waals surface area contributed by atoms with Gasteiger partial charge in [0.2, 0.25) is 0 Å². The average molecular weight is 180 g/mol. The number of ether oxygens (including phenoxy) is 1. The number of hydrogen-bond acceptors (Lipinski definition) is 1. The predicted octanol–water partition coefficient (Wildman–Crippen LogP) is 2.89. The fraction of sp³-hybridized carbons (Fsp3) is 0.455. The van der Waals surface area contributed by atoms with Gasteiger partial charge in [-0.05, 0) is 37.0 Å². The van der Waals surface area contributed by atoms with Gasteiger partial charge in [-0.2, -0.15) is 0 Å². The van der Waals surface area contributed by atoms with Crippen molar-refractivity contribution < 1.29 is 9.13 Å². The Morgan fingerprint density at radius 3 is 2.46 bits per heavy atom. The molecule has 1 nitrogen and oxygen atoms in total. The second-order valence-electron chi connectivity index (χ2n) is 3.49. The van der Waals surface area contributed by atoms with Crippen molar-refractivity contribution in [1.82, 2.24) is 0 Å². The molecule has 1 aliphatic carbocycles. The van der Waals surface area contributed by atoms with E-state index in [0.29, 0.717) is 12.7 Å². The third-order valence-electron chi connectivity index (χ3n) is 2.45. The van der Waals surface area contributed by atoms with Crippen molar-refractivity contribution in [1.29, 1.82) is 0 Å². The normalized spacial score (nSPS) is 17.0. The van der Waals surface area contributed by atoms with Crippen LogP contribution in [0.3, 0.4) is 0 Å². The van der Waals surface area contributed by atoms with Crippen LogP contribution in [-0.2, 0) is 11.3 Å². The first-order valence-electron chi connectivity index (χ1n) is 4.70. The lowest BCUT2D eigenvalue weighted by Crippen LogP contribution is -2.21. The molecule has 1 fully saturated rings. The quantitative estimate of drug-likeness (QED) is 0.695. The molecule has 1 aliphatic rings. The fourth-order valence-electron chi connectivity index (χ4n) is 1.33. The van der Waals surface area contributed by atoms with Crippen LogP contribution in [0, 0.1) is 5.82 Å². The van der Waals surface area contributed by atoms with Gasteiger partial charge in [0.15, 0.2) is 0 Å². The monoisotopic (exact) mass is 180 g/mol. The minimum Gasteiger partial charge on any atom is -0.374 e. The number of halogens is 1. The van der Waals surface area contributed by atoms with Crippen LogP contribution >= 0.6 is 0 Å². The number of hydrogen-bond donors (Lipinski definition) is 0. The average Bonchev–Trinajstić information content (AvgIpc) is 2.05. The van der Waals surface area contributed by atoms with Crippen LogP contribution < -0.4 is 0 Å². The third kappa shape index (κ3) is 2.28. The Morgan fingerprint density at radius 2 is 1.92 bits per heavy atom. The van der Waals surface area contributed by atoms with Gasteiger partial charge in [0, 0.05) is 0 Å². The smallest absolute Gasteiger partial charge is 0.123 e. The summed E-state index contributed by atoms with van der Waals surface area (Å²) in [6, 6.07) is 6.49. The summed E-state index contributed by atoms with van der Waals surface area (Å²) in [5.74, 6) is -0.188. The number of benzene rings is 1. The van der Waals surface area contributed by atoms with Crippen LogP contribution in [0.1, 0.15) is 24.8 Å². The Labute approximate surface area is 77.5 Å². The van der Waals surface area contributed by atoms with Crippen LogP contribution in [0.4, 0.5) is 4.39 Å². The molecule has 0 aliphatic heterocycles. The van der Waals surface area contributed by atoms with Gasteiger partial charge in [-0.25, -0.2) is 4.39 Å². The van der Waals surface area contributed by atoms with Gasteiger partial charge in [0.05, 0.1) is 12.7 Å². The van der Waals surface area contributed by atoms with Gasteiger partial charge in [0.25, 0.3) is 0 Å². The molecule has 2 heteroatoms. The Kier molecular flexibility index (Phi) is 2.60. The molecule has 2 rings (SSSR count). The molecule has 0 aromatic heterocycles. The summed E-state index contributed by atoms with van der Waals surface area (Å²) in [7, 11) is 0. The molecule has 0 unspecified atom stereocenters. The van der Waals surface area contributed by atoms with Crippen LogP contribution in [0.15, 0.2) is 24.3 Å². The Bertz CT molecular complexity index is 264. The Balaban J connectivity index is 1.83. The molecule has 0 spiro atoms. The van der Waals surface area contributed by atoms with E-state index >= 15 is 0 Å². The van der Waals surface area contributed by atoms with Crippen molar-refractivity contribution in [3.05, 3.63) is 35.6 Å². The van der Waals surface area contributed by atoms with Crippen molar-refractivity contribution in [3.63, 3.8) is 0 Å². The molecule has 70 valence electrons. The first-order valence-corrected chi connectivity index (χ1v) is 4.70. The highest BCUT2D eigenvalue weighted by Gasteiger charge is 2.17. The van der Waals surface area contributed by atoms with Gasteiger partial charge in [-0.3, -0.25) is 0 Å². The molecule has 1 aromatic rings. The molecular formula is C11H13FO. The van der Waals surface area contributed by atoms with E-state index in [4.69, 9.17) is 4.74 Å². The van der Waals surface area contributed by atoms with Gasteiger partial charge < -0.3 is 4.74 Å². The molecule has 1 saturated carbocycles. The van der Waals surface area contributed by atoms with E-state index in [-0.39, 0.29) is 5.82 Å². The van der Waals surface area contributed by atoms with E-state index < -0.39 is 0 Å². The highest BCUT2D eigenvalue weighted by Crippen LogP contribution is 2.22. The van der Waals surface area contributed by atoms with Crippen molar-refractivity contribution in [2.24, 2.45) is 0 Å². The minimum atomic E-state index is -0.188. The SMILES string of the molecule is Fc1ccc(COC2CCC2)cc1. The van der Waals surface area contributed by atoms with Crippen LogP contribution in [0.5, 0.6) is 0 Å². The van der Waals surface area contributed by atoms with Gasteiger partial charge >= 0.3 is 0 Å². The largest absolute Gasteiger partial charge is 0.374 e. The summed E-state index contributed by atoms with van der Waals surface area (Å²) < 4.78 is 18.1. The zero-order valence-corrected chi connectivity index (χ0v) is 7.50. The van der Waals surface area contributed by atoms with E-state index in [1.165, 1.54) is 31.4 Å². The second kappa shape index (κ2) is 3.88. The van der Waals surface area contributed by atoms with E-state index in [0.717, 1.165) is 5.56 Å². The highest BCUT2D eigenvalue weighted by molar-refractivity contribution is 5.14. The molecular weight excluding hydrogens is 167 g/mol. The van der Waals surface area contributed by atoms with E-state index in [2.05, 4.69) is 0 Å². The summed E-state index contributed by atoms with van der Waals surface area (Å²) in [6.07, 6.45) is 4.10. The maximum absolute atomic E-state index is 12.5. The molecule has 0 heterocycles. The summed E-state index contributed by atoms with van der Waals surface area (Å²) in [5.41, 5.74) is 1.05. The summed E-state index contributed by atoms with van der Waals surface area (Å²) in [4.78, 5) is 0. The predicted molar refractivity (Wildman–Crippen MR) is 48.8 cm³/mol. The molecule has 0 amide bonds. The lowest BCUT2D eigenvalue weighted by atomic mass is 9.96. The molecule has 0 atom stereocenters. The molecule has 1 aromatic carbocycles. The lowest BCUT2D eigenvalue weighted by molar-refractivity contribution is -0.00867. The Morgan fingerprint density at radius 1 is 1.23 bits per heavy atom. The van der Waals surface area contributed by atoms with E-state index in [1.807, 2.05) is 0 Å². The van der Waals surface area contributed by atoms with E-state index in [1.54, 1.807) is 12.1 Å². The summed E-state index contributed by atoms with van der Waals surface area (Å²) in [5, 5.41) is 0. The topological polar surface area (TPSA) is 9.23 Å². The molecule has 0 radical (unpaired) electrons. The van der Waals surface area contributed by atoms with Gasteiger partial charge in [0.1, 0.15) is 5.82 Å². The lowest BCUT2D eigenvalue weighted by Gasteiger charge is -2.25. The van der Waals surface area contributed by atoms with Gasteiger partial charge in [-0.1, -0.05) is 12.1 Å². The fourth-order valence-corrected chi connectivity index (χ4v) is 1.33. The highest BCUT2D eigenvalue weighted by atomic mass is 19.1. The van der Waals surface area contributed by atoms with Crippen molar-refractivity contribution in [2.45, 2.75) is 32.0 Å². The maximum Gasteiger partial charge on any atom is 0.123 e. The Hall–Kier alpha value is -0.890. The molecule has 0 saturated heterocycles. The molecule has 0 bridgehead atoms. The van der Waals surface area contributed by atoms with E-state index in [9.17, 15) is 4.39 Å². The summed E-state index contributed by atoms with van der Waals surface area (Å²) >= 11 is 0. The zero-order valence-electron chi connectivity index (χ0n) is 7.50. The minimum absolute atomic E-state index is 0.188. The van der Waals surface area contributed by atoms with Crippen molar-refractivity contribution in [2.75, 3.05) is 0 Å². The standard InChI is InChI=1S/C11H13FO/c12-10-6-4-9(5-7-10)8-13-11-2-1-3-11/h4-7,11H,1-3,8H2. The van der Waals surface area contributed by atoms with Crippen molar-refractivity contribution >= 4 is 0 Å². The third-order valence-corrected chi connectivity index (χ3v) is 2.45. The van der Waals surface area contributed by atoms with Gasteiger partial charge in [-0.15, -0.1) is 0 Å². The maximum atomic E-state index is 12.5. The van der Waals surface area contributed by atoms with Crippen LogP contribution in [0.2, 0.25) is 0 Å².